The number of hydrogen-bond donors (Lipinski definition) is 2. The van der Waals surface area contributed by atoms with E-state index >= 15 is 0 Å². The van der Waals surface area contributed by atoms with Crippen LogP contribution in [0.1, 0.15) is 35.2 Å². The van der Waals surface area contributed by atoms with Crippen molar-refractivity contribution in [2.75, 3.05) is 6.26 Å². The second-order valence-corrected chi connectivity index (χ2v) is 8.68. The summed E-state index contributed by atoms with van der Waals surface area (Å²) in [4.78, 5) is 15.8. The van der Waals surface area contributed by atoms with Gasteiger partial charge in [-0.3, -0.25) is 4.79 Å². The van der Waals surface area contributed by atoms with Gasteiger partial charge >= 0.3 is 6.18 Å². The summed E-state index contributed by atoms with van der Waals surface area (Å²) in [6, 6.07) is 5.86. The Morgan fingerprint density at radius 1 is 1.20 bits per heavy atom. The van der Waals surface area contributed by atoms with Crippen molar-refractivity contribution in [2.45, 2.75) is 32.1 Å². The molecule has 12 heteroatoms. The van der Waals surface area contributed by atoms with Crippen molar-refractivity contribution in [2.24, 2.45) is 0 Å². The van der Waals surface area contributed by atoms with Crippen molar-refractivity contribution in [3.05, 3.63) is 63.7 Å². The van der Waals surface area contributed by atoms with Crippen molar-refractivity contribution in [1.29, 1.82) is 0 Å². The lowest BCUT2D eigenvalue weighted by Gasteiger charge is -2.18. The van der Waals surface area contributed by atoms with Crippen LogP contribution in [0.15, 0.2) is 30.3 Å². The van der Waals surface area contributed by atoms with Gasteiger partial charge in [0.2, 0.25) is 15.9 Å². The molecular weight excluding hydrogens is 450 g/mol. The Morgan fingerprint density at radius 2 is 1.87 bits per heavy atom. The van der Waals surface area contributed by atoms with E-state index in [2.05, 4.69) is 15.0 Å². The second kappa shape index (κ2) is 9.27. The lowest BCUT2D eigenvalue weighted by Crippen LogP contribution is -2.29. The summed E-state index contributed by atoms with van der Waals surface area (Å²) < 4.78 is 76.9. The smallest absolute Gasteiger partial charge is 0.351 e. The number of aromatic nitrogens is 1. The highest BCUT2D eigenvalue weighted by atomic mass is 35.5. The third-order valence-corrected chi connectivity index (χ3v) is 5.19. The molecule has 0 bridgehead atoms. The average molecular weight is 468 g/mol. The summed E-state index contributed by atoms with van der Waals surface area (Å²) in [5.74, 6) is -2.12. The summed E-state index contributed by atoms with van der Waals surface area (Å²) in [6.45, 7) is 0.952. The van der Waals surface area contributed by atoms with E-state index in [9.17, 15) is 30.8 Å². The van der Waals surface area contributed by atoms with E-state index in [-0.39, 0.29) is 29.8 Å². The summed E-state index contributed by atoms with van der Waals surface area (Å²) in [5, 5.41) is 2.11. The highest BCUT2D eigenvalue weighted by Gasteiger charge is 2.33. The maximum absolute atomic E-state index is 14.2. The lowest BCUT2D eigenvalue weighted by atomic mass is 9.94. The summed E-state index contributed by atoms with van der Waals surface area (Å²) in [6.07, 6.45) is -3.72. The molecule has 0 aliphatic rings. The molecule has 0 saturated carbocycles. The molecule has 0 saturated heterocycles. The van der Waals surface area contributed by atoms with Gasteiger partial charge in [0.05, 0.1) is 12.2 Å². The molecule has 0 aliphatic carbocycles. The molecule has 1 aromatic carbocycles. The first-order valence-electron chi connectivity index (χ1n) is 8.52. The second-order valence-electron chi connectivity index (χ2n) is 6.48. The zero-order valence-corrected chi connectivity index (χ0v) is 17.4. The minimum absolute atomic E-state index is 0.0137. The number of halogens is 5. The molecule has 0 radical (unpaired) electrons. The molecule has 2 N–H and O–H groups in total. The predicted octanol–water partition coefficient (Wildman–Crippen LogP) is 3.36. The molecule has 1 atom stereocenters. The van der Waals surface area contributed by atoms with Crippen LogP contribution in [0.5, 0.6) is 0 Å². The van der Waals surface area contributed by atoms with Gasteiger partial charge < -0.3 is 5.32 Å². The van der Waals surface area contributed by atoms with Gasteiger partial charge in [-0.1, -0.05) is 29.8 Å². The third-order valence-electron chi connectivity index (χ3n) is 4.20. The number of carbonyl (C=O) groups is 1. The van der Waals surface area contributed by atoms with Crippen molar-refractivity contribution >= 4 is 27.5 Å². The van der Waals surface area contributed by atoms with Gasteiger partial charge in [0, 0.05) is 24.2 Å². The van der Waals surface area contributed by atoms with E-state index in [1.165, 1.54) is 19.1 Å². The number of nitrogens with one attached hydrogen (secondary N) is 2. The molecule has 2 aromatic rings. The van der Waals surface area contributed by atoms with Crippen LogP contribution in [-0.4, -0.2) is 25.6 Å². The van der Waals surface area contributed by atoms with Gasteiger partial charge in [-0.25, -0.2) is 22.5 Å². The van der Waals surface area contributed by atoms with Gasteiger partial charge in [-0.05, 0) is 24.6 Å². The maximum Gasteiger partial charge on any atom is 0.433 e. The van der Waals surface area contributed by atoms with E-state index in [4.69, 9.17) is 11.6 Å². The van der Waals surface area contributed by atoms with E-state index in [1.807, 2.05) is 0 Å². The molecule has 0 aliphatic heterocycles. The van der Waals surface area contributed by atoms with E-state index < -0.39 is 44.7 Å². The fourth-order valence-corrected chi connectivity index (χ4v) is 3.23. The molecule has 1 unspecified atom stereocenters. The van der Waals surface area contributed by atoms with Gasteiger partial charge in [0.1, 0.15) is 16.7 Å². The molecule has 6 nitrogen and oxygen atoms in total. The Balaban J connectivity index is 2.14. The number of hydrogen-bond acceptors (Lipinski definition) is 4. The quantitative estimate of drug-likeness (QED) is 0.483. The molecule has 1 amide bonds. The first-order valence-corrected chi connectivity index (χ1v) is 10.8. The number of pyridine rings is 1. The minimum atomic E-state index is -4.65. The number of carbonyl (C=O) groups excluding carboxylic acids is 1. The first-order chi connectivity index (χ1) is 13.8. The van der Waals surface area contributed by atoms with Crippen LogP contribution < -0.4 is 10.0 Å². The number of alkyl halides is 3. The number of amides is 1. The Morgan fingerprint density at radius 3 is 2.43 bits per heavy atom. The van der Waals surface area contributed by atoms with Crippen molar-refractivity contribution < 1.29 is 30.8 Å². The Bertz CT molecular complexity index is 1050. The van der Waals surface area contributed by atoms with Gasteiger partial charge in [0.25, 0.3) is 0 Å². The molecule has 2 rings (SSSR count). The van der Waals surface area contributed by atoms with Gasteiger partial charge in [-0.2, -0.15) is 13.2 Å². The van der Waals surface area contributed by atoms with Crippen LogP contribution in [0.2, 0.25) is 5.15 Å². The monoisotopic (exact) mass is 467 g/mol. The Hall–Kier alpha value is -2.24. The molecule has 164 valence electrons. The average Bonchev–Trinajstić information content (AvgIpc) is 2.63. The fourth-order valence-electron chi connectivity index (χ4n) is 2.60. The number of sulfonamides is 1. The van der Waals surface area contributed by atoms with E-state index in [1.54, 1.807) is 0 Å². The molecule has 1 heterocycles. The highest BCUT2D eigenvalue weighted by Crippen LogP contribution is 2.29. The van der Waals surface area contributed by atoms with Crippen molar-refractivity contribution in [1.82, 2.24) is 15.0 Å². The third kappa shape index (κ3) is 6.38. The zero-order valence-electron chi connectivity index (χ0n) is 15.8. The van der Waals surface area contributed by atoms with E-state index in [0.29, 0.717) is 0 Å². The predicted molar refractivity (Wildman–Crippen MR) is 103 cm³/mol. The van der Waals surface area contributed by atoms with Gasteiger partial charge in [0.15, 0.2) is 0 Å². The standard InChI is InChI=1S/C18H18ClF4N3O3S/c1-10(12-4-3-5-14(20)13(12)9-25-30(2,28)29)17(27)24-8-11-6-7-15(18(21,22)23)26-16(11)19/h3-7,10,25H,8-9H2,1-2H3,(H,24,27). The van der Waals surface area contributed by atoms with Crippen LogP contribution in [-0.2, 0) is 34.1 Å². The van der Waals surface area contributed by atoms with Gasteiger partial charge in [-0.15, -0.1) is 0 Å². The fraction of sp³-hybridized carbons (Fsp3) is 0.333. The van der Waals surface area contributed by atoms with Crippen molar-refractivity contribution in [3.8, 4) is 0 Å². The van der Waals surface area contributed by atoms with Crippen LogP contribution in [0.25, 0.3) is 0 Å². The Kier molecular flexibility index (Phi) is 7.43. The Labute approximate surface area is 175 Å². The molecular formula is C18H18ClF4N3O3S. The first kappa shape index (κ1) is 24.0. The van der Waals surface area contributed by atoms with Crippen LogP contribution in [0, 0.1) is 5.82 Å². The summed E-state index contributed by atoms with van der Waals surface area (Å²) in [5.41, 5.74) is -0.706. The minimum Gasteiger partial charge on any atom is -0.351 e. The van der Waals surface area contributed by atoms with Crippen molar-refractivity contribution in [3.63, 3.8) is 0 Å². The largest absolute Gasteiger partial charge is 0.433 e. The zero-order chi connectivity index (χ0) is 22.7. The number of benzene rings is 1. The number of rotatable bonds is 7. The molecule has 1 aromatic heterocycles. The molecule has 0 fully saturated rings. The topological polar surface area (TPSA) is 88.2 Å². The van der Waals surface area contributed by atoms with Crippen LogP contribution in [0.4, 0.5) is 17.6 Å². The number of nitrogens with zero attached hydrogens (tertiary/aromatic N) is 1. The van der Waals surface area contributed by atoms with Crippen LogP contribution in [0.3, 0.4) is 0 Å². The summed E-state index contributed by atoms with van der Waals surface area (Å²) in [7, 11) is -3.59. The summed E-state index contributed by atoms with van der Waals surface area (Å²) >= 11 is 5.77. The normalized spacial score (nSPS) is 13.2. The van der Waals surface area contributed by atoms with Crippen LogP contribution >= 0.6 is 11.6 Å². The SMILES string of the molecule is CC(C(=O)NCc1ccc(C(F)(F)F)nc1Cl)c1cccc(F)c1CNS(C)(=O)=O. The van der Waals surface area contributed by atoms with E-state index in [0.717, 1.165) is 24.5 Å². The lowest BCUT2D eigenvalue weighted by molar-refractivity contribution is -0.141. The maximum atomic E-state index is 14.2. The highest BCUT2D eigenvalue weighted by molar-refractivity contribution is 7.88. The molecule has 30 heavy (non-hydrogen) atoms. The molecule has 0 spiro atoms.